The highest BCUT2D eigenvalue weighted by atomic mass is 16.2. The molecule has 8 aromatic rings. The number of nitrogens with two attached hydrogens (primary N) is 7. The maximum absolute atomic E-state index is 14.3. The maximum atomic E-state index is 14.3. The third-order valence-corrected chi connectivity index (χ3v) is 20.4. The van der Waals surface area contributed by atoms with Crippen LogP contribution < -0.4 is 133 Å². The molecule has 8 heterocycles. The minimum Gasteiger partial charge on any atom is -0.383 e. The molecule has 0 aliphatic carbocycles. The number of hydrogen-bond acceptors (Lipinski definition) is 38. The van der Waals surface area contributed by atoms with Crippen molar-refractivity contribution in [1.29, 1.82) is 0 Å². The first-order chi connectivity index (χ1) is 67.9. The van der Waals surface area contributed by atoms with Crippen molar-refractivity contribution in [3.8, 4) is 0 Å². The zero-order valence-corrected chi connectivity index (χ0v) is 77.0. The SMILES string of the molecule is Cc1cn(CC(=O)N(CCNC(=O)CN(CCNC(=O)CN(CCNC(=O)CN)C(=O)Cn2cnc3c(N)ncnc32)C(=O)Cn2ccc(N)nc2=O)CC(=O)NCCN(CC(=O)NCCN(CC(=O)NCCN(CC(=O)NCCN(CC(=O)NCC(=O)NCC(N)=O)C(=O)Cn2ccc(N)nc2=O)C(=O)Cn2cc(C)c(=O)[nH]c2=O)C(=O)Cn2ccc(N)nc2=O)C(=O)Cn2ccc(N)nc2=O)c(=O)[nH]c1=O. The normalized spacial score (nSPS) is 10.8. The number of primary amides is 1. The molecule has 0 unspecified atom stereocenters. The summed E-state index contributed by atoms with van der Waals surface area (Å²) in [5.41, 5.74) is 31.8. The van der Waals surface area contributed by atoms with Gasteiger partial charge in [0, 0.05) is 140 Å². The van der Waals surface area contributed by atoms with Crippen molar-refractivity contribution >= 4 is 141 Å². The molecule has 64 heteroatoms. The highest BCUT2D eigenvalue weighted by Crippen LogP contribution is 2.15. The van der Waals surface area contributed by atoms with Gasteiger partial charge in [0.15, 0.2) is 11.5 Å². The van der Waals surface area contributed by atoms with E-state index in [0.29, 0.717) is 0 Å². The highest BCUT2D eigenvalue weighted by Gasteiger charge is 2.29. The van der Waals surface area contributed by atoms with E-state index < -0.39 is 329 Å². The van der Waals surface area contributed by atoms with E-state index in [-0.39, 0.29) is 71.0 Å². The number of nitrogen functional groups attached to an aromatic ring is 5. The molecule has 8 rings (SSSR count). The summed E-state index contributed by atoms with van der Waals surface area (Å²) in [6.45, 7) is -16.4. The number of aryl methyl sites for hydroxylation is 2. The number of nitrogens with zero attached hydrogens (tertiary/aromatic N) is 21. The molecule has 0 saturated heterocycles. The molecular formula is C79H105N39O25. The first-order valence-electron chi connectivity index (χ1n) is 43.1. The molecule has 766 valence electrons. The van der Waals surface area contributed by atoms with Crippen molar-refractivity contribution in [2.75, 3.05) is 186 Å². The number of amides is 17. The number of imidazole rings is 1. The summed E-state index contributed by atoms with van der Waals surface area (Å²) in [5.74, 6) is -16.0. The molecule has 0 aliphatic rings. The van der Waals surface area contributed by atoms with Crippen molar-refractivity contribution in [2.45, 2.75) is 59.7 Å². The summed E-state index contributed by atoms with van der Waals surface area (Å²) >= 11 is 0. The Balaban J connectivity index is 0.934. The first kappa shape index (κ1) is 110. The summed E-state index contributed by atoms with van der Waals surface area (Å²) in [4.78, 5) is 369. The minimum absolute atomic E-state index is 0.00804. The van der Waals surface area contributed by atoms with Crippen LogP contribution in [-0.2, 0) is 127 Å². The standard InChI is InChI=1S/C79H105N39O25/c1-46-28-116(78(142)103-72(46)136)41-66(133)108(22-11-91-57(124)32-107(64(131)39-114-16-5-50(83)101-76(114)140)21-10-90-60(127)35-110(18-7-87-53(120)25-80)68(135)43-118-45-98-69-70(86)96-44-97-71(69)118)33-58(125)89-9-20-106(63(130)38-113-15-4-49(82)100-75(113)139)30-55(122)88-8-19-105(62(129)37-112-14-3-48(81)99-74(112)138)31-56(123)92-12-23-109(67(134)42-117-29-47(2)73(137)104-79(117)143)34-59(126)93-13-24-111(36-61(128)95-27-54(121)94-26-52(85)119)65(132)40-115-17-6-51(84)102-77(115)141/h3-6,14-17,28-29,44-45H,7-13,18-27,30-43,80H2,1-2H3,(H2,85,119)(H,87,120)(H,88,122)(H,89,125)(H,90,127)(H,91,124)(H,92,123)(H,93,126)(H,94,121)(H,95,128)(H2,81,99,138)(H2,82,100,139)(H2,83,101,140)(H2,84,102,141)(H2,86,96,97)(H,103,136,142)(H,104,137,143). The zero-order valence-electron chi connectivity index (χ0n) is 77.0. The Hall–Kier alpha value is -18.6. The van der Waals surface area contributed by atoms with Crippen molar-refractivity contribution in [3.05, 3.63) is 169 Å². The molecule has 17 amide bonds. The van der Waals surface area contributed by atoms with E-state index >= 15 is 0 Å². The van der Waals surface area contributed by atoms with Gasteiger partial charge in [0.05, 0.1) is 71.8 Å². The largest absolute Gasteiger partial charge is 0.383 e. The van der Waals surface area contributed by atoms with E-state index in [1.165, 1.54) is 49.0 Å². The van der Waals surface area contributed by atoms with Crippen LogP contribution in [0.4, 0.5) is 29.1 Å². The van der Waals surface area contributed by atoms with Gasteiger partial charge in [0.25, 0.3) is 11.1 Å². The molecular weight excluding hydrogens is 1900 g/mol. The van der Waals surface area contributed by atoms with Crippen molar-refractivity contribution in [1.82, 2.24) is 159 Å². The lowest BCUT2D eigenvalue weighted by Crippen LogP contribution is -2.51. The van der Waals surface area contributed by atoms with Crippen LogP contribution in [0, 0.1) is 13.8 Å². The van der Waals surface area contributed by atoms with Gasteiger partial charge in [-0.2, -0.15) is 19.9 Å². The van der Waals surface area contributed by atoms with Crippen molar-refractivity contribution in [3.63, 3.8) is 0 Å². The predicted octanol–water partition coefficient (Wildman–Crippen LogP) is -18.2. The topological polar surface area (TPSA) is 896 Å². The number of carbonyl (C=O) groups excluding carboxylic acids is 17. The Morgan fingerprint density at radius 3 is 0.839 bits per heavy atom. The molecule has 8 aromatic heterocycles. The van der Waals surface area contributed by atoms with Crippen LogP contribution in [-0.4, -0.2) is 369 Å². The molecule has 0 atom stereocenters. The Morgan fingerprint density at radius 1 is 0.322 bits per heavy atom. The molecule has 0 fully saturated rings. The lowest BCUT2D eigenvalue weighted by Gasteiger charge is -2.26. The number of aromatic nitrogens is 16. The summed E-state index contributed by atoms with van der Waals surface area (Å²) < 4.78 is 6.31. The molecule has 64 nitrogen and oxygen atoms in total. The van der Waals surface area contributed by atoms with Gasteiger partial charge in [-0.15, -0.1) is 0 Å². The van der Waals surface area contributed by atoms with Gasteiger partial charge >= 0.3 is 34.1 Å². The van der Waals surface area contributed by atoms with E-state index in [4.69, 9.17) is 40.1 Å². The van der Waals surface area contributed by atoms with Crippen LogP contribution in [0.15, 0.2) is 112 Å². The van der Waals surface area contributed by atoms with Crippen molar-refractivity contribution in [2.24, 2.45) is 11.5 Å². The Morgan fingerprint density at radius 2 is 0.573 bits per heavy atom. The van der Waals surface area contributed by atoms with E-state index in [9.17, 15) is 120 Å². The number of anilines is 5. The average molecular weight is 2000 g/mol. The number of aromatic amines is 2. The molecule has 0 bridgehead atoms. The Bertz CT molecular complexity index is 6610. The monoisotopic (exact) mass is 2000 g/mol. The predicted molar refractivity (Wildman–Crippen MR) is 495 cm³/mol. The van der Waals surface area contributed by atoms with Gasteiger partial charge in [0.2, 0.25) is 100 Å². The first-order valence-corrected chi connectivity index (χ1v) is 43.1. The number of fused-ring (bicyclic) bond motifs is 1. The van der Waals surface area contributed by atoms with Gasteiger partial charge in [-0.3, -0.25) is 128 Å². The zero-order chi connectivity index (χ0) is 105. The fraction of sp³-hybridized carbons (Fsp3) is 0.418. The molecule has 0 aromatic carbocycles. The minimum atomic E-state index is -1.05. The van der Waals surface area contributed by atoms with E-state index in [1.807, 2.05) is 9.97 Å². The summed E-state index contributed by atoms with van der Waals surface area (Å²) in [6, 6.07) is 4.77. The van der Waals surface area contributed by atoms with Crippen LogP contribution in [0.1, 0.15) is 11.1 Å². The van der Waals surface area contributed by atoms with Crippen molar-refractivity contribution < 1.29 is 81.5 Å². The second-order valence-corrected chi connectivity index (χ2v) is 31.1. The van der Waals surface area contributed by atoms with Gasteiger partial charge < -0.3 is 127 Å². The molecule has 25 N–H and O–H groups in total. The third-order valence-electron chi connectivity index (χ3n) is 20.4. The van der Waals surface area contributed by atoms with Crippen LogP contribution in [0.25, 0.3) is 11.2 Å². The quantitative estimate of drug-likeness (QED) is 0.0168. The lowest BCUT2D eigenvalue weighted by molar-refractivity contribution is -0.138. The fourth-order valence-electron chi connectivity index (χ4n) is 12.9. The number of H-pyrrole nitrogens is 2. The van der Waals surface area contributed by atoms with Crippen LogP contribution in [0.3, 0.4) is 0 Å². The number of hydrogen-bond donors (Lipinski definition) is 18. The summed E-state index contributed by atoms with van der Waals surface area (Å²) in [7, 11) is 0. The summed E-state index contributed by atoms with van der Waals surface area (Å²) in [5, 5.41) is 21.9. The third kappa shape index (κ3) is 35.5. The second-order valence-electron chi connectivity index (χ2n) is 31.1. The van der Waals surface area contributed by atoms with Gasteiger partial charge in [-0.25, -0.2) is 43.7 Å². The van der Waals surface area contributed by atoms with E-state index in [1.54, 1.807) is 0 Å². The van der Waals surface area contributed by atoms with E-state index in [2.05, 4.69) is 82.7 Å². The van der Waals surface area contributed by atoms with Gasteiger partial charge in [-0.1, -0.05) is 0 Å². The maximum Gasteiger partial charge on any atom is 0.349 e. The number of rotatable bonds is 54. The van der Waals surface area contributed by atoms with Crippen LogP contribution in [0.2, 0.25) is 0 Å². The van der Waals surface area contributed by atoms with Crippen LogP contribution in [0.5, 0.6) is 0 Å². The fourth-order valence-corrected chi connectivity index (χ4v) is 12.9. The average Bonchev–Trinajstić information content (AvgIpc) is 1.66. The molecule has 0 spiro atoms. The molecule has 143 heavy (non-hydrogen) atoms. The molecule has 0 saturated carbocycles. The highest BCUT2D eigenvalue weighted by molar-refractivity contribution is 5.92. The number of nitrogens with one attached hydrogen (secondary N) is 11. The number of carbonyl (C=O) groups is 17. The van der Waals surface area contributed by atoms with Gasteiger partial charge in [0.1, 0.15) is 80.9 Å². The van der Waals surface area contributed by atoms with E-state index in [0.717, 1.165) is 105 Å². The molecule has 0 radical (unpaired) electrons. The van der Waals surface area contributed by atoms with Gasteiger partial charge in [-0.05, 0) is 38.1 Å². The van der Waals surface area contributed by atoms with Crippen LogP contribution >= 0.6 is 0 Å². The second kappa shape index (κ2) is 53.2. The Kier molecular flexibility index (Phi) is 40.8. The Labute approximate surface area is 803 Å². The smallest absolute Gasteiger partial charge is 0.349 e. The summed E-state index contributed by atoms with van der Waals surface area (Å²) in [6.07, 6.45) is 9.05. The lowest BCUT2D eigenvalue weighted by atomic mass is 10.3. The molecule has 0 aliphatic heterocycles.